The fourth-order valence-electron chi connectivity index (χ4n) is 1.32. The highest BCUT2D eigenvalue weighted by molar-refractivity contribution is 5.72. The fraction of sp³-hybridized carbons (Fsp3) is 0.250. The molecule has 1 rings (SSSR count). The number of carbonyl (C=O) groups is 1. The largest absolute Gasteiger partial charge is 0.469 e. The molecule has 0 bridgehead atoms. The second-order valence-electron chi connectivity index (χ2n) is 3.53. The first-order chi connectivity index (χ1) is 8.34. The number of halogens is 3. The van der Waals surface area contributed by atoms with Crippen LogP contribution in [0, 0.1) is 0 Å². The number of methoxy groups -OCH3 is 1. The standard InChI is InChI=1S/C12H12F3NO2/c1-18-11(17)4-2-3-8-5-6-9(10(16)7-8)12(13,14)15/h2-3,5-7H,4,16H2,1H3. The highest BCUT2D eigenvalue weighted by Crippen LogP contribution is 2.33. The van der Waals surface area contributed by atoms with Crippen molar-refractivity contribution < 1.29 is 22.7 Å². The summed E-state index contributed by atoms with van der Waals surface area (Å²) in [6, 6.07) is 3.40. The zero-order valence-electron chi connectivity index (χ0n) is 9.62. The van der Waals surface area contributed by atoms with Gasteiger partial charge in [-0.2, -0.15) is 13.2 Å². The zero-order chi connectivity index (χ0) is 13.8. The van der Waals surface area contributed by atoms with Crippen LogP contribution in [-0.2, 0) is 15.7 Å². The molecule has 3 nitrogen and oxygen atoms in total. The Morgan fingerprint density at radius 1 is 1.44 bits per heavy atom. The van der Waals surface area contributed by atoms with Crippen molar-refractivity contribution in [2.45, 2.75) is 12.6 Å². The van der Waals surface area contributed by atoms with Gasteiger partial charge >= 0.3 is 12.1 Å². The molecule has 0 amide bonds. The van der Waals surface area contributed by atoms with Crippen molar-refractivity contribution >= 4 is 17.7 Å². The van der Waals surface area contributed by atoms with Gasteiger partial charge in [-0.05, 0) is 17.7 Å². The van der Waals surface area contributed by atoms with Crippen molar-refractivity contribution in [1.29, 1.82) is 0 Å². The molecule has 0 aromatic heterocycles. The molecule has 0 fully saturated rings. The molecule has 98 valence electrons. The molecule has 18 heavy (non-hydrogen) atoms. The number of esters is 1. The minimum absolute atomic E-state index is 0.0530. The number of nitrogen functional groups attached to an aromatic ring is 1. The molecule has 0 aliphatic rings. The van der Waals surface area contributed by atoms with E-state index in [1.807, 2.05) is 0 Å². The Balaban J connectivity index is 2.82. The van der Waals surface area contributed by atoms with Gasteiger partial charge in [0.2, 0.25) is 0 Å². The van der Waals surface area contributed by atoms with Crippen LogP contribution >= 0.6 is 0 Å². The Bertz CT molecular complexity index is 467. The molecule has 0 aliphatic carbocycles. The lowest BCUT2D eigenvalue weighted by molar-refractivity contribution is -0.139. The van der Waals surface area contributed by atoms with Crippen LogP contribution in [0.2, 0.25) is 0 Å². The first-order valence-corrected chi connectivity index (χ1v) is 5.04. The van der Waals surface area contributed by atoms with Gasteiger partial charge in [-0.1, -0.05) is 18.2 Å². The minimum atomic E-state index is -4.46. The highest BCUT2D eigenvalue weighted by atomic mass is 19.4. The number of rotatable bonds is 3. The summed E-state index contributed by atoms with van der Waals surface area (Å²) >= 11 is 0. The smallest absolute Gasteiger partial charge is 0.418 e. The van der Waals surface area contributed by atoms with E-state index in [-0.39, 0.29) is 12.1 Å². The third-order valence-corrected chi connectivity index (χ3v) is 2.20. The summed E-state index contributed by atoms with van der Waals surface area (Å²) in [7, 11) is 1.26. The molecule has 0 radical (unpaired) electrons. The molecular weight excluding hydrogens is 247 g/mol. The molecule has 0 unspecified atom stereocenters. The first-order valence-electron chi connectivity index (χ1n) is 5.04. The number of nitrogens with two attached hydrogens (primary N) is 1. The lowest BCUT2D eigenvalue weighted by atomic mass is 10.1. The van der Waals surface area contributed by atoms with E-state index >= 15 is 0 Å². The van der Waals surface area contributed by atoms with E-state index < -0.39 is 17.7 Å². The maximum Gasteiger partial charge on any atom is 0.418 e. The van der Waals surface area contributed by atoms with Crippen LogP contribution in [0.4, 0.5) is 18.9 Å². The van der Waals surface area contributed by atoms with E-state index in [0.717, 1.165) is 6.07 Å². The molecule has 1 aromatic carbocycles. The average Bonchev–Trinajstić information content (AvgIpc) is 2.27. The molecule has 0 heterocycles. The summed E-state index contributed by atoms with van der Waals surface area (Å²) in [5.41, 5.74) is 4.60. The maximum absolute atomic E-state index is 12.4. The van der Waals surface area contributed by atoms with Gasteiger partial charge in [0, 0.05) is 5.69 Å². The van der Waals surface area contributed by atoms with E-state index in [9.17, 15) is 18.0 Å². The van der Waals surface area contributed by atoms with Crippen molar-refractivity contribution in [2.75, 3.05) is 12.8 Å². The predicted molar refractivity (Wildman–Crippen MR) is 61.5 cm³/mol. The molecule has 0 spiro atoms. The van der Waals surface area contributed by atoms with Gasteiger partial charge in [-0.15, -0.1) is 0 Å². The van der Waals surface area contributed by atoms with E-state index in [4.69, 9.17) is 5.73 Å². The van der Waals surface area contributed by atoms with Gasteiger partial charge in [0.1, 0.15) is 0 Å². The number of anilines is 1. The highest BCUT2D eigenvalue weighted by Gasteiger charge is 2.32. The predicted octanol–water partition coefficient (Wildman–Crippen LogP) is 2.86. The van der Waals surface area contributed by atoms with Crippen LogP contribution in [-0.4, -0.2) is 13.1 Å². The van der Waals surface area contributed by atoms with Crippen LogP contribution < -0.4 is 5.73 Å². The van der Waals surface area contributed by atoms with E-state index in [1.54, 1.807) is 0 Å². The van der Waals surface area contributed by atoms with Gasteiger partial charge in [0.05, 0.1) is 19.1 Å². The van der Waals surface area contributed by atoms with E-state index in [0.29, 0.717) is 5.56 Å². The van der Waals surface area contributed by atoms with Crippen molar-refractivity contribution in [2.24, 2.45) is 0 Å². The van der Waals surface area contributed by atoms with Crippen LogP contribution in [0.15, 0.2) is 24.3 Å². The van der Waals surface area contributed by atoms with Gasteiger partial charge in [-0.25, -0.2) is 0 Å². The average molecular weight is 259 g/mol. The topological polar surface area (TPSA) is 52.3 Å². The maximum atomic E-state index is 12.4. The normalized spacial score (nSPS) is 11.8. The molecule has 0 saturated heterocycles. The summed E-state index contributed by atoms with van der Waals surface area (Å²) in [5, 5.41) is 0. The minimum Gasteiger partial charge on any atom is -0.469 e. The molecule has 0 atom stereocenters. The number of benzene rings is 1. The van der Waals surface area contributed by atoms with Gasteiger partial charge in [0.15, 0.2) is 0 Å². The first kappa shape index (κ1) is 14.1. The van der Waals surface area contributed by atoms with Gasteiger partial charge in [-0.3, -0.25) is 4.79 Å². The molecule has 0 saturated carbocycles. The molecule has 6 heteroatoms. The van der Waals surface area contributed by atoms with Crippen molar-refractivity contribution in [3.63, 3.8) is 0 Å². The number of hydrogen-bond acceptors (Lipinski definition) is 3. The Morgan fingerprint density at radius 3 is 2.61 bits per heavy atom. The quantitative estimate of drug-likeness (QED) is 0.670. The molecule has 0 aliphatic heterocycles. The Labute approximate surface area is 102 Å². The zero-order valence-corrected chi connectivity index (χ0v) is 9.62. The van der Waals surface area contributed by atoms with E-state index in [2.05, 4.69) is 4.74 Å². The van der Waals surface area contributed by atoms with Crippen LogP contribution in [0.3, 0.4) is 0 Å². The fourth-order valence-corrected chi connectivity index (χ4v) is 1.32. The lowest BCUT2D eigenvalue weighted by Crippen LogP contribution is -2.08. The SMILES string of the molecule is COC(=O)CC=Cc1ccc(C(F)(F)F)c(N)c1. The Kier molecular flexibility index (Phi) is 4.36. The number of carbonyl (C=O) groups excluding carboxylic acids is 1. The second-order valence-corrected chi connectivity index (χ2v) is 3.53. The van der Waals surface area contributed by atoms with Gasteiger partial charge < -0.3 is 10.5 Å². The summed E-state index contributed by atoms with van der Waals surface area (Å²) in [6.07, 6.45) is -1.41. The van der Waals surface area contributed by atoms with E-state index in [1.165, 1.54) is 31.4 Å². The lowest BCUT2D eigenvalue weighted by Gasteiger charge is -2.09. The number of alkyl halides is 3. The number of hydrogen-bond donors (Lipinski definition) is 1. The number of ether oxygens (including phenoxy) is 1. The molecule has 2 N–H and O–H groups in total. The summed E-state index contributed by atoms with van der Waals surface area (Å²) in [5.74, 6) is -0.425. The third-order valence-electron chi connectivity index (χ3n) is 2.20. The van der Waals surface area contributed by atoms with Crippen LogP contribution in [0.1, 0.15) is 17.5 Å². The summed E-state index contributed by atoms with van der Waals surface area (Å²) in [4.78, 5) is 10.8. The third kappa shape index (κ3) is 3.80. The summed E-state index contributed by atoms with van der Waals surface area (Å²) < 4.78 is 41.7. The summed E-state index contributed by atoms with van der Waals surface area (Å²) in [6.45, 7) is 0. The van der Waals surface area contributed by atoms with Crippen molar-refractivity contribution in [1.82, 2.24) is 0 Å². The van der Waals surface area contributed by atoms with Crippen LogP contribution in [0.25, 0.3) is 6.08 Å². The Morgan fingerprint density at radius 2 is 2.11 bits per heavy atom. The molecular formula is C12H12F3NO2. The molecule has 1 aromatic rings. The second kappa shape index (κ2) is 5.57. The van der Waals surface area contributed by atoms with Crippen LogP contribution in [0.5, 0.6) is 0 Å². The van der Waals surface area contributed by atoms with Crippen molar-refractivity contribution in [3.8, 4) is 0 Å². The van der Waals surface area contributed by atoms with Crippen molar-refractivity contribution in [3.05, 3.63) is 35.4 Å². The Hall–Kier alpha value is -1.98. The van der Waals surface area contributed by atoms with Gasteiger partial charge in [0.25, 0.3) is 0 Å². The monoisotopic (exact) mass is 259 g/mol.